The van der Waals surface area contributed by atoms with Gasteiger partial charge in [0.15, 0.2) is 0 Å². The van der Waals surface area contributed by atoms with Crippen LogP contribution in [-0.2, 0) is 0 Å². The molecule has 0 radical (unpaired) electrons. The van der Waals surface area contributed by atoms with Crippen LogP contribution in [0.15, 0.2) is 198 Å². The first-order valence-electron chi connectivity index (χ1n) is 25.0. The monoisotopic (exact) mass is 666 g/mol. The molecule has 1 heterocycles. The second-order valence-electron chi connectivity index (χ2n) is 11.8. The van der Waals surface area contributed by atoms with Crippen LogP contribution in [0.5, 0.6) is 0 Å². The first-order valence-corrected chi connectivity index (χ1v) is 16.0. The van der Waals surface area contributed by atoms with Crippen molar-refractivity contribution in [2.24, 2.45) is 0 Å². The van der Waals surface area contributed by atoms with Gasteiger partial charge in [-0.25, -0.2) is 0 Å². The summed E-state index contributed by atoms with van der Waals surface area (Å²) >= 11 is 0. The fourth-order valence-electron chi connectivity index (χ4n) is 6.90. The summed E-state index contributed by atoms with van der Waals surface area (Å²) in [5, 5.41) is 3.38. The van der Waals surface area contributed by atoms with E-state index < -0.39 is 113 Å². The zero-order valence-corrected chi connectivity index (χ0v) is 26.5. The van der Waals surface area contributed by atoms with Gasteiger partial charge in [0.2, 0.25) is 0 Å². The molecule has 0 saturated heterocycles. The largest absolute Gasteiger partial charge is 0.456 e. The Morgan fingerprint density at radius 1 is 0.333 bits per heavy atom. The minimum Gasteiger partial charge on any atom is -0.456 e. The maximum atomic E-state index is 9.52. The van der Waals surface area contributed by atoms with Crippen molar-refractivity contribution < 1.29 is 29.1 Å². The molecule has 0 amide bonds. The van der Waals surface area contributed by atoms with E-state index in [-0.39, 0.29) is 34.3 Å². The average molecular weight is 667 g/mol. The number of furan rings is 1. The Labute approximate surface area is 322 Å². The van der Waals surface area contributed by atoms with Gasteiger partial charge in [-0.1, -0.05) is 175 Å². The van der Waals surface area contributed by atoms with Gasteiger partial charge in [0, 0.05) is 10.8 Å². The number of fused-ring (bicyclic) bond motifs is 5. The Hall–Kier alpha value is -6.70. The van der Waals surface area contributed by atoms with Crippen LogP contribution in [0.3, 0.4) is 0 Å². The van der Waals surface area contributed by atoms with Crippen LogP contribution in [0, 0.1) is 0 Å². The van der Waals surface area contributed by atoms with Gasteiger partial charge in [0.05, 0.1) is 24.7 Å². The number of hydrogen-bond acceptors (Lipinski definition) is 1. The number of benzene rings is 9. The molecule has 1 nitrogen and oxygen atoms in total. The number of hydrogen-bond donors (Lipinski definition) is 0. The molecular formula is C50H32O. The van der Waals surface area contributed by atoms with Crippen LogP contribution < -0.4 is 0 Å². The van der Waals surface area contributed by atoms with Crippen LogP contribution >= 0.6 is 0 Å². The molecule has 9 aromatic carbocycles. The molecule has 0 aliphatic carbocycles. The SMILES string of the molecule is [2H]c1c([2H])c([2H])c(-c2ccc3oc4cccc(-c5c6ccccc6c(-c6c([2H])c([2H])c([2H])c([2H])c6-c6c([2H])c([2H])c(-c7c([2H])c([2H])c([2H])c([2H])c7[2H])c([2H])c6[2H])c6ccccc56)c4c3c2)c([2H])c1[2H]. The summed E-state index contributed by atoms with van der Waals surface area (Å²) in [4.78, 5) is 0. The van der Waals surface area contributed by atoms with E-state index in [0.717, 1.165) is 0 Å². The molecule has 0 aliphatic rings. The van der Waals surface area contributed by atoms with E-state index in [0.29, 0.717) is 60.2 Å². The highest BCUT2D eigenvalue weighted by atomic mass is 16.3. The Morgan fingerprint density at radius 3 is 1.47 bits per heavy atom. The van der Waals surface area contributed by atoms with E-state index in [1.807, 2.05) is 24.3 Å². The van der Waals surface area contributed by atoms with E-state index in [4.69, 9.17) is 20.9 Å². The topological polar surface area (TPSA) is 13.1 Å². The van der Waals surface area contributed by atoms with Crippen molar-refractivity contribution in [2.45, 2.75) is 0 Å². The van der Waals surface area contributed by atoms with E-state index >= 15 is 0 Å². The molecule has 0 N–H and O–H groups in total. The Bertz CT molecular complexity index is 3810. The average Bonchev–Trinajstić information content (AvgIpc) is 3.73. The van der Waals surface area contributed by atoms with E-state index in [2.05, 4.69) is 0 Å². The van der Waals surface area contributed by atoms with E-state index in [9.17, 15) is 8.22 Å². The van der Waals surface area contributed by atoms with Crippen molar-refractivity contribution >= 4 is 43.5 Å². The third-order valence-corrected chi connectivity index (χ3v) is 9.05. The third-order valence-electron chi connectivity index (χ3n) is 9.05. The van der Waals surface area contributed by atoms with Crippen LogP contribution in [0.25, 0.3) is 99.1 Å². The van der Waals surface area contributed by atoms with Gasteiger partial charge in [0.1, 0.15) is 11.2 Å². The van der Waals surface area contributed by atoms with Crippen LogP contribution in [0.1, 0.15) is 24.7 Å². The molecule has 1 heteroatoms. The first kappa shape index (κ1) is 16.3. The Balaban J connectivity index is 1.30. The normalized spacial score (nSPS) is 16.5. The van der Waals surface area contributed by atoms with Crippen LogP contribution in [-0.4, -0.2) is 0 Å². The predicted octanol–water partition coefficient (Wildman–Crippen LogP) is 14.2. The molecule has 0 spiro atoms. The van der Waals surface area contributed by atoms with Gasteiger partial charge in [-0.3, -0.25) is 0 Å². The summed E-state index contributed by atoms with van der Waals surface area (Å²) < 4.78 is 164. The lowest BCUT2D eigenvalue weighted by atomic mass is 9.83. The molecule has 0 fully saturated rings. The van der Waals surface area contributed by atoms with E-state index in [1.165, 1.54) is 0 Å². The number of rotatable bonds is 5. The van der Waals surface area contributed by atoms with Crippen LogP contribution in [0.2, 0.25) is 0 Å². The second kappa shape index (κ2) is 12.0. The van der Waals surface area contributed by atoms with Crippen molar-refractivity contribution in [2.75, 3.05) is 0 Å². The summed E-state index contributed by atoms with van der Waals surface area (Å²) in [7, 11) is 0. The lowest BCUT2D eigenvalue weighted by Gasteiger charge is -2.20. The molecule has 0 bridgehead atoms. The van der Waals surface area contributed by atoms with Crippen molar-refractivity contribution in [1.29, 1.82) is 0 Å². The molecule has 0 aliphatic heterocycles. The van der Waals surface area contributed by atoms with Gasteiger partial charge >= 0.3 is 0 Å². The van der Waals surface area contributed by atoms with Gasteiger partial charge in [0.25, 0.3) is 0 Å². The molecule has 10 rings (SSSR count). The van der Waals surface area contributed by atoms with E-state index in [1.54, 1.807) is 60.7 Å². The fourth-order valence-corrected chi connectivity index (χ4v) is 6.90. The minimum atomic E-state index is -0.789. The highest BCUT2D eigenvalue weighted by Crippen LogP contribution is 2.48. The molecular weight excluding hydrogens is 617 g/mol. The zero-order chi connectivity index (χ0) is 49.4. The van der Waals surface area contributed by atoms with Gasteiger partial charge in [-0.2, -0.15) is 0 Å². The maximum Gasteiger partial charge on any atom is 0.136 e. The van der Waals surface area contributed by atoms with Crippen molar-refractivity contribution in [3.8, 4) is 55.6 Å². The molecule has 0 saturated carbocycles. The molecule has 51 heavy (non-hydrogen) atoms. The van der Waals surface area contributed by atoms with Gasteiger partial charge in [-0.05, 0) is 95.4 Å². The fraction of sp³-hybridized carbons (Fsp3) is 0. The lowest BCUT2D eigenvalue weighted by molar-refractivity contribution is 0.669. The standard InChI is InChI=1S/C50H32O/c1-3-14-33(15-4-1)35-26-28-36(29-27-35)38-18-7-8-19-39(38)48-40-20-9-11-22-42(40)49(43-23-12-10-21-41(43)48)44-24-13-25-47-50(44)45-32-37(30-31-46(45)51-47)34-16-5-2-6-17-34/h1-32H/i1D,2D,3D,4D,5D,6D,7D,8D,14D,15D,16D,17D,18D,19D,26D,27D,28D,29D. The van der Waals surface area contributed by atoms with Crippen molar-refractivity contribution in [3.05, 3.63) is 194 Å². The summed E-state index contributed by atoms with van der Waals surface area (Å²) in [6.45, 7) is 0. The van der Waals surface area contributed by atoms with Crippen molar-refractivity contribution in [3.63, 3.8) is 0 Å². The summed E-state index contributed by atoms with van der Waals surface area (Å²) in [6, 6.07) is 13.3. The third kappa shape index (κ3) is 4.86. The predicted molar refractivity (Wildman–Crippen MR) is 216 cm³/mol. The summed E-state index contributed by atoms with van der Waals surface area (Å²) in [5.41, 5.74) is 0.843. The minimum absolute atomic E-state index is 0.0173. The molecule has 10 aromatic rings. The highest BCUT2D eigenvalue weighted by molar-refractivity contribution is 6.26. The Kier molecular flexibility index (Phi) is 3.85. The maximum absolute atomic E-state index is 9.52. The second-order valence-corrected chi connectivity index (χ2v) is 11.8. The quantitative estimate of drug-likeness (QED) is 0.167. The van der Waals surface area contributed by atoms with Crippen LogP contribution in [0.4, 0.5) is 0 Å². The molecule has 0 unspecified atom stereocenters. The zero-order valence-electron chi connectivity index (χ0n) is 44.5. The molecule has 0 atom stereocenters. The highest BCUT2D eigenvalue weighted by Gasteiger charge is 2.21. The Morgan fingerprint density at radius 2 is 0.843 bits per heavy atom. The smallest absolute Gasteiger partial charge is 0.136 e. The molecule has 238 valence electrons. The summed E-state index contributed by atoms with van der Waals surface area (Å²) in [5.74, 6) is 0. The van der Waals surface area contributed by atoms with Gasteiger partial charge < -0.3 is 4.42 Å². The molecule has 1 aromatic heterocycles. The lowest BCUT2D eigenvalue weighted by Crippen LogP contribution is -1.93. The summed E-state index contributed by atoms with van der Waals surface area (Å²) in [6.07, 6.45) is 0. The first-order chi connectivity index (χ1) is 32.8. The van der Waals surface area contributed by atoms with Crippen molar-refractivity contribution in [1.82, 2.24) is 0 Å². The van der Waals surface area contributed by atoms with Gasteiger partial charge in [-0.15, -0.1) is 0 Å².